The van der Waals surface area contributed by atoms with Crippen molar-refractivity contribution >= 4 is 27.3 Å². The second kappa shape index (κ2) is 3.23. The summed E-state index contributed by atoms with van der Waals surface area (Å²) in [6.07, 6.45) is 0. The minimum absolute atomic E-state index is 0.0356. The van der Waals surface area contributed by atoms with Crippen molar-refractivity contribution in [2.45, 2.75) is 12.5 Å². The van der Waals surface area contributed by atoms with Gasteiger partial charge in [0.2, 0.25) is 0 Å². The van der Waals surface area contributed by atoms with Crippen molar-refractivity contribution in [3.8, 4) is 0 Å². The molecule has 11 heavy (non-hydrogen) atoms. The second-order valence-corrected chi connectivity index (χ2v) is 4.44. The third kappa shape index (κ3) is 1.82. The average molecular weight is 236 g/mol. The number of thiophene rings is 1. The van der Waals surface area contributed by atoms with E-state index in [4.69, 9.17) is 10.8 Å². The lowest BCUT2D eigenvalue weighted by atomic mass is 10.0. The van der Waals surface area contributed by atoms with Gasteiger partial charge >= 0.3 is 0 Å². The number of nitrogens with two attached hydrogens (primary N) is 1. The van der Waals surface area contributed by atoms with Crippen LogP contribution >= 0.6 is 27.3 Å². The molecule has 1 heterocycles. The normalized spacial score (nSPS) is 16.4. The number of aliphatic hydroxyl groups is 1. The topological polar surface area (TPSA) is 46.2 Å². The van der Waals surface area contributed by atoms with Gasteiger partial charge in [-0.3, -0.25) is 0 Å². The summed E-state index contributed by atoms with van der Waals surface area (Å²) in [5.41, 5.74) is 5.19. The zero-order chi connectivity index (χ0) is 8.48. The third-order valence-electron chi connectivity index (χ3n) is 1.46. The first-order chi connectivity index (χ1) is 5.08. The first kappa shape index (κ1) is 9.19. The molecular formula is C7H10BrNOS. The monoisotopic (exact) mass is 235 g/mol. The van der Waals surface area contributed by atoms with E-state index in [0.717, 1.165) is 9.35 Å². The molecule has 1 rings (SSSR count). The Balaban J connectivity index is 3.00. The number of aliphatic hydroxyl groups excluding tert-OH is 1. The van der Waals surface area contributed by atoms with E-state index >= 15 is 0 Å². The van der Waals surface area contributed by atoms with E-state index in [-0.39, 0.29) is 6.61 Å². The van der Waals surface area contributed by atoms with E-state index < -0.39 is 5.54 Å². The molecule has 4 heteroatoms. The molecule has 2 nitrogen and oxygen atoms in total. The van der Waals surface area contributed by atoms with E-state index in [2.05, 4.69) is 15.9 Å². The summed E-state index contributed by atoms with van der Waals surface area (Å²) in [6.45, 7) is 1.77. The van der Waals surface area contributed by atoms with Crippen LogP contribution in [0.2, 0.25) is 0 Å². The predicted molar refractivity (Wildman–Crippen MR) is 50.6 cm³/mol. The van der Waals surface area contributed by atoms with Crippen molar-refractivity contribution in [1.82, 2.24) is 0 Å². The quantitative estimate of drug-likeness (QED) is 0.820. The van der Waals surface area contributed by atoms with Crippen LogP contribution in [0.1, 0.15) is 11.8 Å². The molecule has 0 radical (unpaired) electrons. The summed E-state index contributed by atoms with van der Waals surface area (Å²) >= 11 is 4.91. The Morgan fingerprint density at radius 1 is 1.82 bits per heavy atom. The summed E-state index contributed by atoms with van der Waals surface area (Å²) in [5, 5.41) is 10.9. The van der Waals surface area contributed by atoms with Gasteiger partial charge < -0.3 is 10.8 Å². The van der Waals surface area contributed by atoms with Gasteiger partial charge in [0.25, 0.3) is 0 Å². The highest BCUT2D eigenvalue weighted by molar-refractivity contribution is 9.10. The standard InChI is InChI=1S/C7H10BrNOS/c1-7(9,4-10)6-5(8)2-3-11-6/h2-3,10H,4,9H2,1H3/t7-/m1/s1. The first-order valence-corrected chi connectivity index (χ1v) is 4.88. The van der Waals surface area contributed by atoms with Crippen molar-refractivity contribution < 1.29 is 5.11 Å². The SMILES string of the molecule is C[C@@](N)(CO)c1sccc1Br. The summed E-state index contributed by atoms with van der Waals surface area (Å²) in [7, 11) is 0. The molecule has 0 saturated carbocycles. The molecule has 0 aliphatic carbocycles. The van der Waals surface area contributed by atoms with Crippen molar-refractivity contribution in [2.75, 3.05) is 6.61 Å². The van der Waals surface area contributed by atoms with Gasteiger partial charge in [0, 0.05) is 9.35 Å². The Hall–Kier alpha value is 0.100. The van der Waals surface area contributed by atoms with Crippen LogP contribution in [0.25, 0.3) is 0 Å². The maximum Gasteiger partial charge on any atom is 0.0720 e. The molecule has 1 aromatic rings. The molecule has 0 saturated heterocycles. The Kier molecular flexibility index (Phi) is 2.70. The lowest BCUT2D eigenvalue weighted by molar-refractivity contribution is 0.212. The maximum absolute atomic E-state index is 8.95. The molecule has 0 amide bonds. The smallest absolute Gasteiger partial charge is 0.0720 e. The largest absolute Gasteiger partial charge is 0.394 e. The van der Waals surface area contributed by atoms with Gasteiger partial charge in [0.1, 0.15) is 0 Å². The van der Waals surface area contributed by atoms with Gasteiger partial charge in [-0.1, -0.05) is 0 Å². The fraction of sp³-hybridized carbons (Fsp3) is 0.429. The zero-order valence-corrected chi connectivity index (χ0v) is 8.58. The van der Waals surface area contributed by atoms with Crippen molar-refractivity contribution in [1.29, 1.82) is 0 Å². The molecule has 0 unspecified atom stereocenters. The molecule has 0 aliphatic heterocycles. The second-order valence-electron chi connectivity index (χ2n) is 2.67. The first-order valence-electron chi connectivity index (χ1n) is 3.21. The molecule has 0 fully saturated rings. The fourth-order valence-electron chi connectivity index (χ4n) is 0.773. The van der Waals surface area contributed by atoms with Crippen LogP contribution in [0.3, 0.4) is 0 Å². The molecular weight excluding hydrogens is 226 g/mol. The summed E-state index contributed by atoms with van der Waals surface area (Å²) < 4.78 is 0.974. The van der Waals surface area contributed by atoms with Crippen LogP contribution in [0, 0.1) is 0 Å². The molecule has 1 atom stereocenters. The molecule has 1 aromatic heterocycles. The van der Waals surface area contributed by atoms with Crippen LogP contribution in [-0.2, 0) is 5.54 Å². The fourth-order valence-corrected chi connectivity index (χ4v) is 2.67. The van der Waals surface area contributed by atoms with Gasteiger partial charge in [-0.05, 0) is 34.3 Å². The van der Waals surface area contributed by atoms with Crippen molar-refractivity contribution in [3.63, 3.8) is 0 Å². The molecule has 62 valence electrons. The highest BCUT2D eigenvalue weighted by Gasteiger charge is 2.23. The summed E-state index contributed by atoms with van der Waals surface area (Å²) in [5.74, 6) is 0. The van der Waals surface area contributed by atoms with Gasteiger partial charge in [0.05, 0.1) is 12.1 Å². The van der Waals surface area contributed by atoms with E-state index in [1.807, 2.05) is 18.4 Å². The Bertz CT molecular complexity index is 246. The lowest BCUT2D eigenvalue weighted by Crippen LogP contribution is -2.36. The van der Waals surface area contributed by atoms with Gasteiger partial charge in [-0.25, -0.2) is 0 Å². The Labute approximate surface area is 78.2 Å². The van der Waals surface area contributed by atoms with Crippen LogP contribution in [0.15, 0.2) is 15.9 Å². The van der Waals surface area contributed by atoms with E-state index in [9.17, 15) is 0 Å². The summed E-state index contributed by atoms with van der Waals surface area (Å²) in [6, 6.07) is 1.93. The number of hydrogen-bond donors (Lipinski definition) is 2. The number of hydrogen-bond acceptors (Lipinski definition) is 3. The molecule has 0 aromatic carbocycles. The zero-order valence-electron chi connectivity index (χ0n) is 6.17. The molecule has 3 N–H and O–H groups in total. The maximum atomic E-state index is 8.95. The number of rotatable bonds is 2. The van der Waals surface area contributed by atoms with Crippen molar-refractivity contribution in [2.24, 2.45) is 5.73 Å². The third-order valence-corrected chi connectivity index (χ3v) is 3.58. The van der Waals surface area contributed by atoms with Crippen LogP contribution < -0.4 is 5.73 Å². The van der Waals surface area contributed by atoms with E-state index in [1.54, 1.807) is 11.3 Å². The van der Waals surface area contributed by atoms with E-state index in [1.165, 1.54) is 0 Å². The van der Waals surface area contributed by atoms with Crippen LogP contribution in [0.5, 0.6) is 0 Å². The van der Waals surface area contributed by atoms with Crippen LogP contribution in [0.4, 0.5) is 0 Å². The molecule has 0 spiro atoms. The van der Waals surface area contributed by atoms with Crippen molar-refractivity contribution in [3.05, 3.63) is 20.8 Å². The van der Waals surface area contributed by atoms with Gasteiger partial charge in [-0.2, -0.15) is 0 Å². The van der Waals surface area contributed by atoms with E-state index in [0.29, 0.717) is 0 Å². The number of halogens is 1. The van der Waals surface area contributed by atoms with Gasteiger partial charge in [0.15, 0.2) is 0 Å². The summed E-state index contributed by atoms with van der Waals surface area (Å²) in [4.78, 5) is 0.986. The minimum Gasteiger partial charge on any atom is -0.394 e. The predicted octanol–water partition coefficient (Wildman–Crippen LogP) is 1.68. The average Bonchev–Trinajstić information content (AvgIpc) is 2.36. The Morgan fingerprint density at radius 3 is 2.82 bits per heavy atom. The highest BCUT2D eigenvalue weighted by atomic mass is 79.9. The highest BCUT2D eigenvalue weighted by Crippen LogP contribution is 2.30. The minimum atomic E-state index is -0.618. The Morgan fingerprint density at radius 2 is 2.45 bits per heavy atom. The van der Waals surface area contributed by atoms with Gasteiger partial charge in [-0.15, -0.1) is 11.3 Å². The lowest BCUT2D eigenvalue weighted by Gasteiger charge is -2.20. The molecule has 0 aliphatic rings. The van der Waals surface area contributed by atoms with Crippen LogP contribution in [-0.4, -0.2) is 11.7 Å². The molecule has 0 bridgehead atoms.